The van der Waals surface area contributed by atoms with Crippen molar-refractivity contribution < 1.29 is 28.2 Å². The Labute approximate surface area is 149 Å². The first kappa shape index (κ1) is 20.7. The van der Waals surface area contributed by atoms with E-state index in [1.807, 2.05) is 0 Å². The molecule has 138 valence electrons. The van der Waals surface area contributed by atoms with Crippen molar-refractivity contribution >= 4 is 29.5 Å². The van der Waals surface area contributed by atoms with Gasteiger partial charge in [-0.3, -0.25) is 10.1 Å². The molecule has 0 spiro atoms. The van der Waals surface area contributed by atoms with Gasteiger partial charge in [0.1, 0.15) is 11.6 Å². The third kappa shape index (κ3) is 7.84. The Bertz CT molecular complexity index is 660. The highest BCUT2D eigenvalue weighted by molar-refractivity contribution is 6.32. The van der Waals surface area contributed by atoms with Gasteiger partial charge in [0.05, 0.1) is 5.02 Å². The fraction of sp³-hybridized carbons (Fsp3) is 0.438. The predicted octanol–water partition coefficient (Wildman–Crippen LogP) is 2.41. The number of benzene rings is 1. The van der Waals surface area contributed by atoms with Crippen molar-refractivity contribution in [1.82, 2.24) is 10.6 Å². The number of hydrogen-bond acceptors (Lipinski definition) is 5. The molecule has 0 saturated carbocycles. The maximum absolute atomic E-state index is 12.9. The molecule has 0 aliphatic heterocycles. The first-order valence-electron chi connectivity index (χ1n) is 7.38. The van der Waals surface area contributed by atoms with E-state index in [9.17, 15) is 18.8 Å². The van der Waals surface area contributed by atoms with E-state index in [1.165, 1.54) is 13.0 Å². The largest absolute Gasteiger partial charge is 0.480 e. The topological polar surface area (TPSA) is 93.7 Å². The molecule has 0 saturated heterocycles. The molecule has 0 aromatic heterocycles. The normalized spacial score (nSPS) is 12.1. The lowest BCUT2D eigenvalue weighted by atomic mass is 10.1. The Morgan fingerprint density at radius 3 is 2.48 bits per heavy atom. The minimum absolute atomic E-state index is 0.00237. The van der Waals surface area contributed by atoms with E-state index in [1.54, 1.807) is 20.8 Å². The maximum Gasteiger partial charge on any atom is 0.344 e. The van der Waals surface area contributed by atoms with Gasteiger partial charge in [0.25, 0.3) is 5.91 Å². The lowest BCUT2D eigenvalue weighted by Gasteiger charge is -2.21. The molecular weight excluding hydrogens is 355 g/mol. The Morgan fingerprint density at radius 1 is 1.28 bits per heavy atom. The predicted molar refractivity (Wildman–Crippen MR) is 88.9 cm³/mol. The second-order valence-corrected chi connectivity index (χ2v) is 6.60. The van der Waals surface area contributed by atoms with Gasteiger partial charge in [-0.05, 0) is 45.9 Å². The molecule has 3 amide bonds. The van der Waals surface area contributed by atoms with Crippen molar-refractivity contribution in [3.05, 3.63) is 29.0 Å². The van der Waals surface area contributed by atoms with Gasteiger partial charge in [-0.15, -0.1) is 0 Å². The van der Waals surface area contributed by atoms with Crippen molar-refractivity contribution in [2.24, 2.45) is 0 Å². The van der Waals surface area contributed by atoms with Crippen molar-refractivity contribution in [2.75, 3.05) is 6.61 Å². The van der Waals surface area contributed by atoms with Gasteiger partial charge in [0, 0.05) is 5.54 Å². The minimum atomic E-state index is -1.20. The van der Waals surface area contributed by atoms with Crippen LogP contribution in [-0.4, -0.2) is 36.2 Å². The van der Waals surface area contributed by atoms with Crippen LogP contribution in [-0.2, 0) is 14.3 Å². The summed E-state index contributed by atoms with van der Waals surface area (Å²) >= 11 is 5.75. The standard InChI is InChI=1S/C16H20ClFN2O5/c1-9(14(22)19-15(23)20-16(2,3)4)25-13(21)8-24-12-6-5-10(18)7-11(12)17/h5-7,9H,8H2,1-4H3,(H2,19,20,22,23)/t9-/m1/s1. The van der Waals surface area contributed by atoms with Crippen LogP contribution in [0.5, 0.6) is 5.75 Å². The van der Waals surface area contributed by atoms with E-state index >= 15 is 0 Å². The number of ether oxygens (including phenoxy) is 2. The molecule has 0 fully saturated rings. The molecule has 0 aliphatic rings. The van der Waals surface area contributed by atoms with Crippen molar-refractivity contribution in [1.29, 1.82) is 0 Å². The Hall–Kier alpha value is -2.35. The van der Waals surface area contributed by atoms with E-state index in [0.717, 1.165) is 12.1 Å². The number of carbonyl (C=O) groups is 3. The molecule has 0 bridgehead atoms. The van der Waals surface area contributed by atoms with Crippen LogP contribution in [0.15, 0.2) is 18.2 Å². The van der Waals surface area contributed by atoms with Crippen LogP contribution in [0.25, 0.3) is 0 Å². The molecule has 1 rings (SSSR count). The lowest BCUT2D eigenvalue weighted by Crippen LogP contribution is -2.50. The molecular formula is C16H20ClFN2O5. The second-order valence-electron chi connectivity index (χ2n) is 6.19. The van der Waals surface area contributed by atoms with Gasteiger partial charge in [0.15, 0.2) is 12.7 Å². The first-order valence-corrected chi connectivity index (χ1v) is 7.76. The number of amides is 3. The van der Waals surface area contributed by atoms with Crippen molar-refractivity contribution in [3.63, 3.8) is 0 Å². The summed E-state index contributed by atoms with van der Waals surface area (Å²) in [7, 11) is 0. The average Bonchev–Trinajstić information content (AvgIpc) is 2.44. The average molecular weight is 375 g/mol. The smallest absolute Gasteiger partial charge is 0.344 e. The maximum atomic E-state index is 12.9. The quantitative estimate of drug-likeness (QED) is 0.772. The molecule has 1 atom stereocenters. The van der Waals surface area contributed by atoms with Gasteiger partial charge in [-0.2, -0.15) is 0 Å². The molecule has 0 aliphatic carbocycles. The van der Waals surface area contributed by atoms with E-state index < -0.39 is 42.0 Å². The number of nitrogens with one attached hydrogen (secondary N) is 2. The van der Waals surface area contributed by atoms with Gasteiger partial charge >= 0.3 is 12.0 Å². The van der Waals surface area contributed by atoms with E-state index in [4.69, 9.17) is 21.1 Å². The van der Waals surface area contributed by atoms with Crippen molar-refractivity contribution in [3.8, 4) is 5.75 Å². The van der Waals surface area contributed by atoms with Gasteiger partial charge < -0.3 is 14.8 Å². The second kappa shape index (κ2) is 8.66. The molecule has 0 radical (unpaired) electrons. The number of esters is 1. The Balaban J connectivity index is 2.45. The van der Waals surface area contributed by atoms with Crippen LogP contribution in [0.3, 0.4) is 0 Å². The number of imide groups is 1. The van der Waals surface area contributed by atoms with Gasteiger partial charge in [0.2, 0.25) is 0 Å². The molecule has 1 aromatic rings. The summed E-state index contributed by atoms with van der Waals surface area (Å²) in [5, 5.41) is 4.59. The zero-order chi connectivity index (χ0) is 19.2. The Kier molecular flexibility index (Phi) is 7.17. The highest BCUT2D eigenvalue weighted by atomic mass is 35.5. The third-order valence-corrected chi connectivity index (χ3v) is 2.94. The SMILES string of the molecule is C[C@@H](OC(=O)COc1ccc(F)cc1Cl)C(=O)NC(=O)NC(C)(C)C. The molecule has 9 heteroatoms. The summed E-state index contributed by atoms with van der Waals surface area (Å²) in [5.74, 6) is -2.07. The summed E-state index contributed by atoms with van der Waals surface area (Å²) < 4.78 is 22.9. The number of halogens is 2. The van der Waals surface area contributed by atoms with Crippen molar-refractivity contribution in [2.45, 2.75) is 39.3 Å². The summed E-state index contributed by atoms with van der Waals surface area (Å²) in [6, 6.07) is 2.72. The third-order valence-electron chi connectivity index (χ3n) is 2.64. The van der Waals surface area contributed by atoms with Crippen LogP contribution >= 0.6 is 11.6 Å². The van der Waals surface area contributed by atoms with Crippen LogP contribution < -0.4 is 15.4 Å². The zero-order valence-corrected chi connectivity index (χ0v) is 15.1. The van der Waals surface area contributed by atoms with Crippen LogP contribution in [0.4, 0.5) is 9.18 Å². The molecule has 0 unspecified atom stereocenters. The number of rotatable bonds is 5. The highest BCUT2D eigenvalue weighted by Crippen LogP contribution is 2.24. The number of urea groups is 1. The molecule has 2 N–H and O–H groups in total. The summed E-state index contributed by atoms with van der Waals surface area (Å²) in [4.78, 5) is 35.0. The summed E-state index contributed by atoms with van der Waals surface area (Å²) in [6.07, 6.45) is -1.20. The minimum Gasteiger partial charge on any atom is -0.480 e. The molecule has 7 nitrogen and oxygen atoms in total. The Morgan fingerprint density at radius 2 is 1.92 bits per heavy atom. The van der Waals surface area contributed by atoms with E-state index in [-0.39, 0.29) is 10.8 Å². The number of hydrogen-bond donors (Lipinski definition) is 2. The lowest BCUT2D eigenvalue weighted by molar-refractivity contribution is -0.156. The van der Waals surface area contributed by atoms with E-state index in [2.05, 4.69) is 10.6 Å². The summed E-state index contributed by atoms with van der Waals surface area (Å²) in [6.45, 7) is 6.02. The molecule has 1 aromatic carbocycles. The first-order chi connectivity index (χ1) is 11.5. The molecule has 0 heterocycles. The fourth-order valence-electron chi connectivity index (χ4n) is 1.60. The zero-order valence-electron chi connectivity index (χ0n) is 14.3. The number of carbonyl (C=O) groups excluding carboxylic acids is 3. The fourth-order valence-corrected chi connectivity index (χ4v) is 1.82. The summed E-state index contributed by atoms with van der Waals surface area (Å²) in [5.41, 5.74) is -0.521. The molecule has 25 heavy (non-hydrogen) atoms. The van der Waals surface area contributed by atoms with Crippen LogP contribution in [0.2, 0.25) is 5.02 Å². The van der Waals surface area contributed by atoms with Crippen LogP contribution in [0.1, 0.15) is 27.7 Å². The van der Waals surface area contributed by atoms with Gasteiger partial charge in [-0.1, -0.05) is 11.6 Å². The van der Waals surface area contributed by atoms with E-state index in [0.29, 0.717) is 0 Å². The van der Waals surface area contributed by atoms with Gasteiger partial charge in [-0.25, -0.2) is 14.0 Å². The highest BCUT2D eigenvalue weighted by Gasteiger charge is 2.22. The van der Waals surface area contributed by atoms with Crippen LogP contribution in [0, 0.1) is 5.82 Å². The monoisotopic (exact) mass is 374 g/mol.